The first kappa shape index (κ1) is 18.2. The van der Waals surface area contributed by atoms with E-state index in [1.54, 1.807) is 23.6 Å². The van der Waals surface area contributed by atoms with Gasteiger partial charge in [-0.15, -0.1) is 11.3 Å². The molecule has 0 unspecified atom stereocenters. The van der Waals surface area contributed by atoms with Gasteiger partial charge in [-0.2, -0.15) is 0 Å². The quantitative estimate of drug-likeness (QED) is 0.668. The van der Waals surface area contributed by atoms with Crippen LogP contribution in [0.15, 0.2) is 68.8 Å². The average Bonchev–Trinajstić information content (AvgIpc) is 3.32. The number of benzene rings is 1. The number of carbonyl (C=O) groups excluding carboxylic acids is 1. The summed E-state index contributed by atoms with van der Waals surface area (Å²) in [7, 11) is -4.07. The van der Waals surface area contributed by atoms with Gasteiger partial charge in [0.2, 0.25) is 5.91 Å². The highest BCUT2D eigenvalue weighted by Gasteiger charge is 2.29. The molecule has 0 fully saturated rings. The highest BCUT2D eigenvalue weighted by Crippen LogP contribution is 2.28. The molecule has 0 aliphatic carbocycles. The van der Waals surface area contributed by atoms with Crippen LogP contribution in [0.2, 0.25) is 0 Å². The second kappa shape index (κ2) is 7.71. The van der Waals surface area contributed by atoms with Crippen LogP contribution in [0.3, 0.4) is 0 Å². The summed E-state index contributed by atoms with van der Waals surface area (Å²) in [6, 6.07) is 11.8. The molecular formula is C17H15FN2O4S2. The van der Waals surface area contributed by atoms with E-state index >= 15 is 0 Å². The Balaban J connectivity index is 1.86. The minimum Gasteiger partial charge on any atom is -0.467 e. The predicted octanol–water partition coefficient (Wildman–Crippen LogP) is 2.99. The molecule has 1 aromatic carbocycles. The Morgan fingerprint density at radius 2 is 1.96 bits per heavy atom. The van der Waals surface area contributed by atoms with Crippen LogP contribution in [-0.4, -0.2) is 20.9 Å². The number of hydrogen-bond acceptors (Lipinski definition) is 5. The van der Waals surface area contributed by atoms with Gasteiger partial charge in [0, 0.05) is 0 Å². The molecule has 1 amide bonds. The number of hydrogen-bond donors (Lipinski definition) is 1. The van der Waals surface area contributed by atoms with E-state index < -0.39 is 28.3 Å². The standard InChI is InChI=1S/C17H15FN2O4S2/c18-14-6-1-2-7-15(14)20(26(22,23)17-8-4-10-25-17)12-16(21)19-11-13-5-3-9-24-13/h1-10H,11-12H2,(H,19,21). The Labute approximate surface area is 153 Å². The Kier molecular flexibility index (Phi) is 5.38. The minimum absolute atomic E-state index is 0.0274. The molecule has 3 aromatic rings. The van der Waals surface area contributed by atoms with Gasteiger partial charge in [0.25, 0.3) is 10.0 Å². The molecule has 2 aromatic heterocycles. The van der Waals surface area contributed by atoms with Crippen molar-refractivity contribution in [1.82, 2.24) is 5.32 Å². The molecule has 136 valence electrons. The van der Waals surface area contributed by atoms with Crippen molar-refractivity contribution in [3.8, 4) is 0 Å². The fourth-order valence-electron chi connectivity index (χ4n) is 2.26. The topological polar surface area (TPSA) is 79.6 Å². The molecule has 0 atom stereocenters. The van der Waals surface area contributed by atoms with Gasteiger partial charge in [0.15, 0.2) is 0 Å². The molecule has 2 heterocycles. The van der Waals surface area contributed by atoms with Gasteiger partial charge in [0.05, 0.1) is 18.5 Å². The van der Waals surface area contributed by atoms with Gasteiger partial charge >= 0.3 is 0 Å². The number of para-hydroxylation sites is 1. The van der Waals surface area contributed by atoms with Gasteiger partial charge in [-0.3, -0.25) is 9.10 Å². The van der Waals surface area contributed by atoms with Crippen molar-refractivity contribution < 1.29 is 22.0 Å². The number of nitrogens with zero attached hydrogens (tertiary/aromatic N) is 1. The molecule has 0 saturated carbocycles. The first-order valence-electron chi connectivity index (χ1n) is 7.58. The number of rotatable bonds is 7. The molecule has 1 N–H and O–H groups in total. The Morgan fingerprint density at radius 1 is 1.15 bits per heavy atom. The lowest BCUT2D eigenvalue weighted by Gasteiger charge is -2.23. The van der Waals surface area contributed by atoms with Crippen molar-refractivity contribution in [3.05, 3.63) is 71.8 Å². The number of furan rings is 1. The fraction of sp³-hybridized carbons (Fsp3) is 0.118. The van der Waals surface area contributed by atoms with Gasteiger partial charge < -0.3 is 9.73 Å². The van der Waals surface area contributed by atoms with Gasteiger partial charge in [-0.25, -0.2) is 12.8 Å². The van der Waals surface area contributed by atoms with Crippen LogP contribution in [0.4, 0.5) is 10.1 Å². The van der Waals surface area contributed by atoms with Crippen molar-refractivity contribution in [2.75, 3.05) is 10.8 Å². The summed E-state index contributed by atoms with van der Waals surface area (Å²) in [4.78, 5) is 12.3. The third-order valence-corrected chi connectivity index (χ3v) is 6.62. The van der Waals surface area contributed by atoms with Crippen LogP contribution >= 0.6 is 11.3 Å². The summed E-state index contributed by atoms with van der Waals surface area (Å²) in [6.45, 7) is -0.447. The molecule has 9 heteroatoms. The number of nitrogens with one attached hydrogen (secondary N) is 1. The zero-order valence-electron chi connectivity index (χ0n) is 13.5. The Bertz CT molecular complexity index is 970. The predicted molar refractivity (Wildman–Crippen MR) is 95.8 cm³/mol. The maximum atomic E-state index is 14.2. The molecule has 0 saturated heterocycles. The summed E-state index contributed by atoms with van der Waals surface area (Å²) in [5, 5.41) is 4.16. The third-order valence-electron chi connectivity index (χ3n) is 3.49. The first-order valence-corrected chi connectivity index (χ1v) is 9.90. The largest absolute Gasteiger partial charge is 0.467 e. The van der Waals surface area contributed by atoms with E-state index in [4.69, 9.17) is 4.42 Å². The molecule has 0 aliphatic rings. The summed E-state index contributed by atoms with van der Waals surface area (Å²) >= 11 is 0.998. The first-order chi connectivity index (χ1) is 12.5. The molecular weight excluding hydrogens is 379 g/mol. The maximum absolute atomic E-state index is 14.2. The van der Waals surface area contributed by atoms with Gasteiger partial charge in [-0.1, -0.05) is 18.2 Å². The summed E-state index contributed by atoms with van der Waals surface area (Å²) in [5.41, 5.74) is -0.186. The van der Waals surface area contributed by atoms with Crippen molar-refractivity contribution in [2.24, 2.45) is 0 Å². The van der Waals surface area contributed by atoms with E-state index in [2.05, 4.69) is 5.32 Å². The number of anilines is 1. The van der Waals surface area contributed by atoms with Crippen LogP contribution in [-0.2, 0) is 21.4 Å². The van der Waals surface area contributed by atoms with E-state index in [9.17, 15) is 17.6 Å². The molecule has 0 aliphatic heterocycles. The minimum atomic E-state index is -4.07. The van der Waals surface area contributed by atoms with Crippen LogP contribution < -0.4 is 9.62 Å². The SMILES string of the molecule is O=C(CN(c1ccccc1F)S(=O)(=O)c1cccs1)NCc1ccco1. The highest BCUT2D eigenvalue weighted by atomic mass is 32.2. The fourth-order valence-corrected chi connectivity index (χ4v) is 4.79. The highest BCUT2D eigenvalue weighted by molar-refractivity contribution is 7.94. The zero-order valence-corrected chi connectivity index (χ0v) is 15.1. The lowest BCUT2D eigenvalue weighted by molar-refractivity contribution is -0.119. The van der Waals surface area contributed by atoms with Gasteiger partial charge in [-0.05, 0) is 35.7 Å². The average molecular weight is 394 g/mol. The van der Waals surface area contributed by atoms with Crippen LogP contribution in [0.1, 0.15) is 5.76 Å². The smallest absolute Gasteiger partial charge is 0.274 e. The number of amides is 1. The van der Waals surface area contributed by atoms with Crippen molar-refractivity contribution in [2.45, 2.75) is 10.8 Å². The number of sulfonamides is 1. The molecule has 0 radical (unpaired) electrons. The molecule has 26 heavy (non-hydrogen) atoms. The van der Waals surface area contributed by atoms with Crippen LogP contribution in [0.5, 0.6) is 0 Å². The van der Waals surface area contributed by atoms with E-state index in [1.807, 2.05) is 0 Å². The molecule has 6 nitrogen and oxygen atoms in total. The summed E-state index contributed by atoms with van der Waals surface area (Å²) < 4.78 is 45.9. The molecule has 0 bridgehead atoms. The third kappa shape index (κ3) is 3.94. The maximum Gasteiger partial charge on any atom is 0.274 e. The Hall–Kier alpha value is -2.65. The summed E-state index contributed by atoms with van der Waals surface area (Å²) in [5.74, 6) is -0.784. The van der Waals surface area contributed by atoms with Crippen molar-refractivity contribution in [1.29, 1.82) is 0 Å². The zero-order chi connectivity index (χ0) is 18.6. The van der Waals surface area contributed by atoms with E-state index in [0.29, 0.717) is 5.76 Å². The lowest BCUT2D eigenvalue weighted by atomic mass is 10.3. The van der Waals surface area contributed by atoms with Crippen LogP contribution in [0.25, 0.3) is 0 Å². The van der Waals surface area contributed by atoms with Crippen molar-refractivity contribution >= 4 is 33.0 Å². The van der Waals surface area contributed by atoms with E-state index in [1.165, 1.54) is 30.5 Å². The normalized spacial score (nSPS) is 11.3. The lowest BCUT2D eigenvalue weighted by Crippen LogP contribution is -2.40. The second-order valence-electron chi connectivity index (χ2n) is 5.25. The van der Waals surface area contributed by atoms with Crippen LogP contribution in [0, 0.1) is 5.82 Å². The van der Waals surface area contributed by atoms with Gasteiger partial charge in [0.1, 0.15) is 22.3 Å². The number of carbonyl (C=O) groups is 1. The van der Waals surface area contributed by atoms with Crippen molar-refractivity contribution in [3.63, 3.8) is 0 Å². The monoisotopic (exact) mass is 394 g/mol. The van der Waals surface area contributed by atoms with E-state index in [0.717, 1.165) is 21.7 Å². The molecule has 0 spiro atoms. The Morgan fingerprint density at radius 3 is 2.62 bits per heavy atom. The second-order valence-corrected chi connectivity index (χ2v) is 8.29. The number of thiophene rings is 1. The van der Waals surface area contributed by atoms with E-state index in [-0.39, 0.29) is 16.4 Å². The molecule has 3 rings (SSSR count). The number of halogens is 1. The summed E-state index contributed by atoms with van der Waals surface area (Å²) in [6.07, 6.45) is 1.47.